The smallest absolute Gasteiger partial charge is 0.465 e. The highest BCUT2D eigenvalue weighted by atomic mass is 35.5. The van der Waals surface area contributed by atoms with Crippen LogP contribution < -0.4 is 9.64 Å². The molecule has 1 heterocycles. The van der Waals surface area contributed by atoms with E-state index < -0.39 is 18.1 Å². The van der Waals surface area contributed by atoms with Crippen LogP contribution in [0.4, 0.5) is 19.0 Å². The molecule has 6 nitrogen and oxygen atoms in total. The number of amides is 1. The molecule has 1 aromatic heterocycles. The zero-order valence-electron chi connectivity index (χ0n) is 22.9. The van der Waals surface area contributed by atoms with Crippen LogP contribution in [0.25, 0.3) is 21.9 Å². The molecule has 3 aromatic carbocycles. The Labute approximate surface area is 240 Å². The molecule has 0 unspecified atom stereocenters. The third-order valence-electron chi connectivity index (χ3n) is 6.19. The summed E-state index contributed by atoms with van der Waals surface area (Å²) in [6, 6.07) is 18.2. The minimum atomic E-state index is -4.84. The quantitative estimate of drug-likeness (QED) is 0.205. The van der Waals surface area contributed by atoms with Crippen LogP contribution in [0.1, 0.15) is 43.1 Å². The summed E-state index contributed by atoms with van der Waals surface area (Å²) in [7, 11) is 1.31. The van der Waals surface area contributed by atoms with E-state index in [0.29, 0.717) is 22.3 Å². The number of hydrogen-bond acceptors (Lipinski definition) is 5. The average Bonchev–Trinajstić information content (AvgIpc) is 2.90. The number of halogens is 4. The molecule has 0 N–H and O–H groups in total. The first-order valence-electron chi connectivity index (χ1n) is 12.7. The first kappa shape index (κ1) is 29.9. The number of anilines is 1. The Bertz CT molecular complexity index is 1580. The first-order chi connectivity index (χ1) is 19.2. The molecular weight excluding hydrogens is 557 g/mol. The number of ether oxygens (including phenoxy) is 2. The lowest BCUT2D eigenvalue weighted by molar-refractivity contribution is -0.274. The number of carbonyl (C=O) groups excluding carboxylic acids is 2. The van der Waals surface area contributed by atoms with Gasteiger partial charge >= 0.3 is 12.3 Å². The second-order valence-electron chi connectivity index (χ2n) is 10.7. The molecule has 0 saturated carbocycles. The van der Waals surface area contributed by atoms with Crippen molar-refractivity contribution >= 4 is 40.1 Å². The number of pyridine rings is 1. The summed E-state index contributed by atoms with van der Waals surface area (Å²) in [6.45, 7) is 6.16. The molecule has 0 aliphatic rings. The Balaban J connectivity index is 1.66. The van der Waals surface area contributed by atoms with Gasteiger partial charge in [0.1, 0.15) is 11.6 Å². The van der Waals surface area contributed by atoms with Crippen molar-refractivity contribution in [2.75, 3.05) is 12.0 Å². The van der Waals surface area contributed by atoms with E-state index in [1.54, 1.807) is 47.5 Å². The van der Waals surface area contributed by atoms with Crippen LogP contribution in [0, 0.1) is 5.41 Å². The van der Waals surface area contributed by atoms with Crippen molar-refractivity contribution in [2.24, 2.45) is 5.41 Å². The molecule has 0 radical (unpaired) electrons. The van der Waals surface area contributed by atoms with Crippen LogP contribution >= 0.6 is 11.6 Å². The van der Waals surface area contributed by atoms with Crippen molar-refractivity contribution < 1.29 is 32.2 Å². The minimum absolute atomic E-state index is 0.120. The summed E-state index contributed by atoms with van der Waals surface area (Å²) < 4.78 is 46.5. The van der Waals surface area contributed by atoms with Gasteiger partial charge in [0.15, 0.2) is 0 Å². The van der Waals surface area contributed by atoms with Gasteiger partial charge in [0, 0.05) is 18.0 Å². The van der Waals surface area contributed by atoms with Gasteiger partial charge < -0.3 is 9.47 Å². The van der Waals surface area contributed by atoms with Gasteiger partial charge in [-0.15, -0.1) is 13.2 Å². The van der Waals surface area contributed by atoms with Crippen molar-refractivity contribution in [1.29, 1.82) is 0 Å². The molecule has 10 heteroatoms. The fourth-order valence-corrected chi connectivity index (χ4v) is 4.54. The number of alkyl halides is 3. The second-order valence-corrected chi connectivity index (χ2v) is 11.1. The van der Waals surface area contributed by atoms with Crippen molar-refractivity contribution in [2.45, 2.75) is 40.1 Å². The summed E-state index contributed by atoms with van der Waals surface area (Å²) in [6.07, 6.45) is -2.98. The maximum absolute atomic E-state index is 13.6. The average molecular weight is 585 g/mol. The molecule has 41 heavy (non-hydrogen) atoms. The molecule has 0 atom stereocenters. The van der Waals surface area contributed by atoms with E-state index in [9.17, 15) is 22.8 Å². The van der Waals surface area contributed by atoms with Crippen molar-refractivity contribution in [3.8, 4) is 16.9 Å². The fraction of sp³-hybridized carbons (Fsp3) is 0.258. The lowest BCUT2D eigenvalue weighted by Crippen LogP contribution is -2.34. The molecule has 0 bridgehead atoms. The topological polar surface area (TPSA) is 68.7 Å². The molecule has 0 saturated heterocycles. The van der Waals surface area contributed by atoms with Gasteiger partial charge in [-0.25, -0.2) is 9.78 Å². The lowest BCUT2D eigenvalue weighted by atomic mass is 9.91. The molecule has 0 fully saturated rings. The fourth-order valence-electron chi connectivity index (χ4n) is 4.33. The summed E-state index contributed by atoms with van der Waals surface area (Å²) in [4.78, 5) is 31.8. The van der Waals surface area contributed by atoms with E-state index in [2.05, 4.69) is 9.72 Å². The predicted octanol–water partition coefficient (Wildman–Crippen LogP) is 8.21. The van der Waals surface area contributed by atoms with Gasteiger partial charge in [-0.3, -0.25) is 9.69 Å². The minimum Gasteiger partial charge on any atom is -0.465 e. The monoisotopic (exact) mass is 584 g/mol. The van der Waals surface area contributed by atoms with E-state index in [1.165, 1.54) is 25.3 Å². The first-order valence-corrected chi connectivity index (χ1v) is 13.0. The summed E-state index contributed by atoms with van der Waals surface area (Å²) in [5, 5.41) is 1.27. The Hall–Kier alpha value is -4.11. The van der Waals surface area contributed by atoms with Gasteiger partial charge in [-0.2, -0.15) is 0 Å². The van der Waals surface area contributed by atoms with Crippen molar-refractivity contribution in [3.63, 3.8) is 0 Å². The zero-order valence-corrected chi connectivity index (χ0v) is 23.6. The highest BCUT2D eigenvalue weighted by Crippen LogP contribution is 2.34. The molecule has 4 aromatic rings. The number of nitrogens with zero attached hydrogens (tertiary/aromatic N) is 2. The Morgan fingerprint density at radius 2 is 1.61 bits per heavy atom. The van der Waals surface area contributed by atoms with Crippen LogP contribution in [0.15, 0.2) is 72.9 Å². The molecule has 0 aliphatic carbocycles. The van der Waals surface area contributed by atoms with Gasteiger partial charge in [0.25, 0.3) is 0 Å². The van der Waals surface area contributed by atoms with E-state index >= 15 is 0 Å². The van der Waals surface area contributed by atoms with Crippen LogP contribution in [0.5, 0.6) is 5.75 Å². The number of benzene rings is 3. The van der Waals surface area contributed by atoms with E-state index in [0.717, 1.165) is 16.5 Å². The van der Waals surface area contributed by atoms with E-state index in [-0.39, 0.29) is 29.3 Å². The third kappa shape index (κ3) is 7.55. The second kappa shape index (κ2) is 11.8. The van der Waals surface area contributed by atoms with Crippen LogP contribution in [0.3, 0.4) is 0 Å². The third-order valence-corrected chi connectivity index (χ3v) is 6.48. The van der Waals surface area contributed by atoms with Gasteiger partial charge in [-0.1, -0.05) is 62.7 Å². The summed E-state index contributed by atoms with van der Waals surface area (Å²) >= 11 is 6.02. The maximum Gasteiger partial charge on any atom is 0.573 e. The normalized spacial score (nSPS) is 11.8. The number of rotatable bonds is 7. The van der Waals surface area contributed by atoms with E-state index in [4.69, 9.17) is 16.3 Å². The lowest BCUT2D eigenvalue weighted by Gasteiger charge is -2.27. The van der Waals surface area contributed by atoms with Gasteiger partial charge in [0.05, 0.1) is 24.2 Å². The predicted molar refractivity (Wildman–Crippen MR) is 152 cm³/mol. The molecule has 0 aliphatic heterocycles. The van der Waals surface area contributed by atoms with Crippen molar-refractivity contribution in [3.05, 3.63) is 89.1 Å². The summed E-state index contributed by atoms with van der Waals surface area (Å²) in [5.74, 6) is -0.599. The van der Waals surface area contributed by atoms with Gasteiger partial charge in [-0.05, 0) is 63.9 Å². The molecule has 4 rings (SSSR count). The largest absolute Gasteiger partial charge is 0.573 e. The number of carbonyl (C=O) groups is 2. The van der Waals surface area contributed by atoms with Crippen LogP contribution in [0.2, 0.25) is 5.02 Å². The van der Waals surface area contributed by atoms with Crippen molar-refractivity contribution in [1.82, 2.24) is 4.98 Å². The standard InChI is InChI=1S/C31H28ClF3N2O4/c1-30(2,3)17-27(38)37(28-24-11-9-23(29(39)40-4)15-22(24)13-14-36-28)18-19-5-7-20(8-6-19)21-10-12-26(25(32)16-21)41-31(33,34)35/h5-16H,17-18H2,1-4H3. The number of aromatic nitrogens is 1. The number of hydrogen-bond donors (Lipinski definition) is 0. The molecule has 1 amide bonds. The molecular formula is C31H28ClF3N2O4. The Morgan fingerprint density at radius 1 is 0.927 bits per heavy atom. The number of fused-ring (bicyclic) bond motifs is 1. The molecule has 214 valence electrons. The maximum atomic E-state index is 13.6. The molecule has 0 spiro atoms. The number of esters is 1. The SMILES string of the molecule is COC(=O)c1ccc2c(N(Cc3ccc(-c4ccc(OC(F)(F)F)c(Cl)c4)cc3)C(=O)CC(C)(C)C)nccc2c1. The highest BCUT2D eigenvalue weighted by Gasteiger charge is 2.32. The Morgan fingerprint density at radius 3 is 2.22 bits per heavy atom. The van der Waals surface area contributed by atoms with E-state index in [1.807, 2.05) is 32.9 Å². The number of methoxy groups -OCH3 is 1. The van der Waals surface area contributed by atoms with Gasteiger partial charge in [0.2, 0.25) is 5.91 Å². The Kier molecular flexibility index (Phi) is 8.58. The van der Waals surface area contributed by atoms with Crippen LogP contribution in [-0.2, 0) is 16.1 Å². The van der Waals surface area contributed by atoms with Crippen LogP contribution in [-0.4, -0.2) is 30.3 Å². The highest BCUT2D eigenvalue weighted by molar-refractivity contribution is 6.32. The summed E-state index contributed by atoms with van der Waals surface area (Å²) in [5.41, 5.74) is 2.25. The zero-order chi connectivity index (χ0) is 29.9.